The van der Waals surface area contributed by atoms with E-state index in [1.807, 2.05) is 0 Å². The molecule has 1 fully saturated rings. The van der Waals surface area contributed by atoms with Gasteiger partial charge in [0, 0.05) is 0 Å². The lowest BCUT2D eigenvalue weighted by molar-refractivity contribution is 0.401. The number of para-hydroxylation sites is 1. The standard InChI is InChI=1S/C13H18O3S/c1-16-12-9-5-6-10-13(12)17(14,15)11-7-3-2-4-8-11/h5-6,9-11H,2-4,7-8H2,1H3. The first kappa shape index (κ1) is 12.4. The van der Waals surface area contributed by atoms with E-state index in [9.17, 15) is 8.42 Å². The molecule has 0 N–H and O–H groups in total. The quantitative estimate of drug-likeness (QED) is 0.833. The van der Waals surface area contributed by atoms with Crippen LogP contribution in [0.1, 0.15) is 32.1 Å². The molecule has 4 heteroatoms. The number of rotatable bonds is 3. The fourth-order valence-corrected chi connectivity index (χ4v) is 4.42. The molecular weight excluding hydrogens is 236 g/mol. The minimum Gasteiger partial charge on any atom is -0.495 e. The topological polar surface area (TPSA) is 43.4 Å². The highest BCUT2D eigenvalue weighted by Gasteiger charge is 2.30. The highest BCUT2D eigenvalue weighted by atomic mass is 32.2. The Morgan fingerprint density at radius 2 is 1.76 bits per heavy atom. The second kappa shape index (κ2) is 5.08. The summed E-state index contributed by atoms with van der Waals surface area (Å²) in [7, 11) is -1.72. The van der Waals surface area contributed by atoms with Crippen LogP contribution < -0.4 is 4.74 Å². The highest BCUT2D eigenvalue weighted by Crippen LogP contribution is 2.32. The minimum atomic E-state index is -3.23. The predicted molar refractivity (Wildman–Crippen MR) is 67.1 cm³/mol. The van der Waals surface area contributed by atoms with Crippen molar-refractivity contribution in [2.75, 3.05) is 7.11 Å². The molecule has 1 aliphatic rings. The van der Waals surface area contributed by atoms with E-state index in [1.54, 1.807) is 24.3 Å². The Morgan fingerprint density at radius 3 is 2.41 bits per heavy atom. The molecule has 0 saturated heterocycles. The van der Waals surface area contributed by atoms with Gasteiger partial charge in [0.25, 0.3) is 0 Å². The molecule has 1 saturated carbocycles. The summed E-state index contributed by atoms with van der Waals surface area (Å²) in [5.74, 6) is 0.457. The Labute approximate surface area is 103 Å². The lowest BCUT2D eigenvalue weighted by Crippen LogP contribution is -2.24. The summed E-state index contributed by atoms with van der Waals surface area (Å²) >= 11 is 0. The fraction of sp³-hybridized carbons (Fsp3) is 0.538. The van der Waals surface area contributed by atoms with Gasteiger partial charge < -0.3 is 4.74 Å². The van der Waals surface area contributed by atoms with Crippen molar-refractivity contribution in [3.63, 3.8) is 0 Å². The molecule has 1 aromatic rings. The third kappa shape index (κ3) is 2.46. The van der Waals surface area contributed by atoms with E-state index in [2.05, 4.69) is 0 Å². The second-order valence-electron chi connectivity index (χ2n) is 4.46. The molecule has 0 aliphatic heterocycles. The summed E-state index contributed by atoms with van der Waals surface area (Å²) < 4.78 is 30.1. The largest absolute Gasteiger partial charge is 0.495 e. The molecule has 0 unspecified atom stereocenters. The lowest BCUT2D eigenvalue weighted by atomic mass is 10.0. The molecule has 0 atom stereocenters. The number of hydrogen-bond acceptors (Lipinski definition) is 3. The number of benzene rings is 1. The maximum absolute atomic E-state index is 12.5. The van der Waals surface area contributed by atoms with Gasteiger partial charge in [0.05, 0.1) is 12.4 Å². The smallest absolute Gasteiger partial charge is 0.184 e. The zero-order valence-corrected chi connectivity index (χ0v) is 10.9. The van der Waals surface area contributed by atoms with Crippen molar-refractivity contribution in [2.45, 2.75) is 42.2 Å². The second-order valence-corrected chi connectivity index (χ2v) is 6.65. The molecule has 0 heterocycles. The summed E-state index contributed by atoms with van der Waals surface area (Å²) in [6.45, 7) is 0. The van der Waals surface area contributed by atoms with E-state index >= 15 is 0 Å². The normalized spacial score (nSPS) is 17.9. The molecule has 0 spiro atoms. The Bertz CT molecular complexity index is 473. The van der Waals surface area contributed by atoms with Gasteiger partial charge in [-0.1, -0.05) is 31.4 Å². The van der Waals surface area contributed by atoms with Crippen molar-refractivity contribution in [2.24, 2.45) is 0 Å². The summed E-state index contributed by atoms with van der Waals surface area (Å²) in [4.78, 5) is 0.342. The first-order chi connectivity index (χ1) is 8.16. The van der Waals surface area contributed by atoms with E-state index in [-0.39, 0.29) is 5.25 Å². The molecule has 1 aromatic carbocycles. The monoisotopic (exact) mass is 254 g/mol. The predicted octanol–water partition coefficient (Wildman–Crippen LogP) is 2.80. The van der Waals surface area contributed by atoms with E-state index in [4.69, 9.17) is 4.74 Å². The Morgan fingerprint density at radius 1 is 1.12 bits per heavy atom. The summed E-state index contributed by atoms with van der Waals surface area (Å²) in [5, 5.41) is -0.229. The average molecular weight is 254 g/mol. The summed E-state index contributed by atoms with van der Waals surface area (Å²) in [6, 6.07) is 6.88. The molecular formula is C13H18O3S. The Hall–Kier alpha value is -1.03. The first-order valence-corrected chi connectivity index (χ1v) is 7.58. The molecule has 3 nitrogen and oxygen atoms in total. The zero-order chi connectivity index (χ0) is 12.3. The average Bonchev–Trinajstić information content (AvgIpc) is 2.39. The van der Waals surface area contributed by atoms with Crippen molar-refractivity contribution in [1.82, 2.24) is 0 Å². The number of methoxy groups -OCH3 is 1. The zero-order valence-electron chi connectivity index (χ0n) is 10.1. The van der Waals surface area contributed by atoms with Gasteiger partial charge >= 0.3 is 0 Å². The molecule has 94 valence electrons. The summed E-state index contributed by atoms with van der Waals surface area (Å²) in [5.41, 5.74) is 0. The molecule has 0 aromatic heterocycles. The molecule has 0 amide bonds. The van der Waals surface area contributed by atoms with E-state index in [0.29, 0.717) is 10.6 Å². The van der Waals surface area contributed by atoms with Gasteiger partial charge in [-0.2, -0.15) is 0 Å². The summed E-state index contributed by atoms with van der Waals surface area (Å²) in [6.07, 6.45) is 4.73. The molecule has 0 radical (unpaired) electrons. The van der Waals surface area contributed by atoms with E-state index in [0.717, 1.165) is 32.1 Å². The Balaban J connectivity index is 2.36. The fourth-order valence-electron chi connectivity index (χ4n) is 2.41. The number of ether oxygens (including phenoxy) is 1. The number of hydrogen-bond donors (Lipinski definition) is 0. The van der Waals surface area contributed by atoms with Crippen molar-refractivity contribution in [3.8, 4) is 5.75 Å². The minimum absolute atomic E-state index is 0.229. The van der Waals surface area contributed by atoms with Crippen molar-refractivity contribution >= 4 is 9.84 Å². The SMILES string of the molecule is COc1ccccc1S(=O)(=O)C1CCCCC1. The van der Waals surface area contributed by atoms with Gasteiger partial charge in [-0.05, 0) is 25.0 Å². The van der Waals surface area contributed by atoms with Crippen LogP contribution in [0.4, 0.5) is 0 Å². The molecule has 17 heavy (non-hydrogen) atoms. The molecule has 0 bridgehead atoms. The van der Waals surface area contributed by atoms with Crippen LogP contribution in [0.5, 0.6) is 5.75 Å². The first-order valence-electron chi connectivity index (χ1n) is 6.03. The van der Waals surface area contributed by atoms with Crippen LogP contribution in [0.25, 0.3) is 0 Å². The van der Waals surface area contributed by atoms with E-state index < -0.39 is 9.84 Å². The maximum Gasteiger partial charge on any atom is 0.184 e. The third-order valence-electron chi connectivity index (χ3n) is 3.37. The van der Waals surface area contributed by atoms with Crippen molar-refractivity contribution in [3.05, 3.63) is 24.3 Å². The van der Waals surface area contributed by atoms with Gasteiger partial charge in [-0.25, -0.2) is 8.42 Å². The van der Waals surface area contributed by atoms with Crippen LogP contribution >= 0.6 is 0 Å². The van der Waals surface area contributed by atoms with Crippen LogP contribution in [-0.4, -0.2) is 20.8 Å². The highest BCUT2D eigenvalue weighted by molar-refractivity contribution is 7.92. The van der Waals surface area contributed by atoms with Gasteiger partial charge in [0.1, 0.15) is 10.6 Å². The van der Waals surface area contributed by atoms with Crippen LogP contribution in [0.3, 0.4) is 0 Å². The molecule has 1 aliphatic carbocycles. The van der Waals surface area contributed by atoms with Gasteiger partial charge in [-0.3, -0.25) is 0 Å². The van der Waals surface area contributed by atoms with Crippen LogP contribution in [0.2, 0.25) is 0 Å². The lowest BCUT2D eigenvalue weighted by Gasteiger charge is -2.22. The van der Waals surface area contributed by atoms with Gasteiger partial charge in [0.2, 0.25) is 0 Å². The van der Waals surface area contributed by atoms with Crippen LogP contribution in [0, 0.1) is 0 Å². The van der Waals surface area contributed by atoms with Crippen molar-refractivity contribution in [1.29, 1.82) is 0 Å². The van der Waals surface area contributed by atoms with Gasteiger partial charge in [-0.15, -0.1) is 0 Å². The third-order valence-corrected chi connectivity index (χ3v) is 5.67. The number of sulfone groups is 1. The van der Waals surface area contributed by atoms with E-state index in [1.165, 1.54) is 7.11 Å². The molecule has 2 rings (SSSR count). The van der Waals surface area contributed by atoms with Gasteiger partial charge in [0.15, 0.2) is 9.84 Å². The van der Waals surface area contributed by atoms with Crippen LogP contribution in [0.15, 0.2) is 29.2 Å². The van der Waals surface area contributed by atoms with Crippen LogP contribution in [-0.2, 0) is 9.84 Å². The van der Waals surface area contributed by atoms with Crippen molar-refractivity contribution < 1.29 is 13.2 Å². The maximum atomic E-state index is 12.5. The Kier molecular flexibility index (Phi) is 3.72.